The standard InChI is InChI=1S/C37H42O7Si/c1-37(2,3)45(29-21-13-7-14-22-29,30-23-15-8-16-24-30)44-36-34(42-26-28-19-11-6-12-20-28)32(31(38)33(43-36)35(39)40-4)41-25-27-17-9-5-10-18-27/h5-24,31-34,36,38H,25-26H2,1-4H3/t31-,32+,33?,34?,36+/m1/s1. The normalized spacial score (nSPS) is 22.1. The molecule has 0 radical (unpaired) electrons. The minimum Gasteiger partial charge on any atom is -0.467 e. The van der Waals surface area contributed by atoms with Gasteiger partial charge in [-0.1, -0.05) is 142 Å². The maximum atomic E-state index is 13.1. The molecule has 4 aromatic rings. The third-order valence-electron chi connectivity index (χ3n) is 8.23. The summed E-state index contributed by atoms with van der Waals surface area (Å²) in [5.41, 5.74) is 1.85. The molecule has 1 saturated heterocycles. The molecule has 236 valence electrons. The number of methoxy groups -OCH3 is 1. The summed E-state index contributed by atoms with van der Waals surface area (Å²) >= 11 is 0. The fourth-order valence-corrected chi connectivity index (χ4v) is 10.5. The predicted molar refractivity (Wildman–Crippen MR) is 175 cm³/mol. The topological polar surface area (TPSA) is 83.5 Å². The Hall–Kier alpha value is -3.63. The van der Waals surface area contributed by atoms with Gasteiger partial charge in [-0.2, -0.15) is 0 Å². The van der Waals surface area contributed by atoms with Crippen molar-refractivity contribution in [1.82, 2.24) is 0 Å². The van der Waals surface area contributed by atoms with Crippen LogP contribution in [0.3, 0.4) is 0 Å². The average molecular weight is 627 g/mol. The van der Waals surface area contributed by atoms with Crippen molar-refractivity contribution >= 4 is 24.7 Å². The van der Waals surface area contributed by atoms with Crippen LogP contribution < -0.4 is 10.4 Å². The first-order valence-corrected chi connectivity index (χ1v) is 17.2. The lowest BCUT2D eigenvalue weighted by Crippen LogP contribution is -2.71. The first-order chi connectivity index (χ1) is 21.7. The molecule has 1 aliphatic heterocycles. The molecule has 0 bridgehead atoms. The van der Waals surface area contributed by atoms with Gasteiger partial charge in [0.2, 0.25) is 0 Å². The Morgan fingerprint density at radius 3 is 1.56 bits per heavy atom. The van der Waals surface area contributed by atoms with Crippen molar-refractivity contribution in [2.45, 2.75) is 69.7 Å². The largest absolute Gasteiger partial charge is 0.467 e. The zero-order valence-electron chi connectivity index (χ0n) is 26.2. The molecule has 0 amide bonds. The van der Waals surface area contributed by atoms with Crippen molar-refractivity contribution in [3.8, 4) is 0 Å². The third kappa shape index (κ3) is 7.28. The quantitative estimate of drug-likeness (QED) is 0.186. The molecule has 45 heavy (non-hydrogen) atoms. The summed E-state index contributed by atoms with van der Waals surface area (Å²) in [7, 11) is -1.92. The summed E-state index contributed by atoms with van der Waals surface area (Å²) in [5.74, 6) is -0.714. The van der Waals surface area contributed by atoms with Gasteiger partial charge in [-0.15, -0.1) is 0 Å². The summed E-state index contributed by atoms with van der Waals surface area (Å²) in [6.45, 7) is 6.90. The number of benzene rings is 4. The molecule has 5 rings (SSSR count). The lowest BCUT2D eigenvalue weighted by atomic mass is 9.98. The Morgan fingerprint density at radius 1 is 0.711 bits per heavy atom. The molecule has 7 nitrogen and oxygen atoms in total. The minimum absolute atomic E-state index is 0.188. The van der Waals surface area contributed by atoms with Gasteiger partial charge >= 0.3 is 5.97 Å². The second-order valence-electron chi connectivity index (χ2n) is 12.2. The Kier molecular flexibility index (Phi) is 10.7. The smallest absolute Gasteiger partial charge is 0.337 e. The molecule has 5 atom stereocenters. The Balaban J connectivity index is 1.62. The Bertz CT molecular complexity index is 1440. The van der Waals surface area contributed by atoms with E-state index in [0.717, 1.165) is 21.5 Å². The number of esters is 1. The van der Waals surface area contributed by atoms with E-state index in [1.807, 2.05) is 97.1 Å². The summed E-state index contributed by atoms with van der Waals surface area (Å²) < 4.78 is 31.9. The lowest BCUT2D eigenvalue weighted by molar-refractivity contribution is -0.295. The van der Waals surface area contributed by atoms with E-state index in [-0.39, 0.29) is 18.3 Å². The maximum absolute atomic E-state index is 13.1. The van der Waals surface area contributed by atoms with Crippen molar-refractivity contribution in [2.24, 2.45) is 0 Å². The molecular formula is C37H42O7Si. The highest BCUT2D eigenvalue weighted by Gasteiger charge is 2.57. The van der Waals surface area contributed by atoms with Gasteiger partial charge in [-0.3, -0.25) is 0 Å². The van der Waals surface area contributed by atoms with Gasteiger partial charge in [-0.05, 0) is 26.5 Å². The molecule has 8 heteroatoms. The molecule has 1 aliphatic rings. The van der Waals surface area contributed by atoms with Crippen LogP contribution in [0.4, 0.5) is 0 Å². The highest BCUT2D eigenvalue weighted by atomic mass is 28.4. The number of aliphatic hydroxyl groups is 1. The van der Waals surface area contributed by atoms with E-state index in [1.54, 1.807) is 0 Å². The van der Waals surface area contributed by atoms with Crippen LogP contribution in [0.15, 0.2) is 121 Å². The van der Waals surface area contributed by atoms with Crippen molar-refractivity contribution in [3.63, 3.8) is 0 Å². The number of ether oxygens (including phenoxy) is 4. The molecule has 0 spiro atoms. The van der Waals surface area contributed by atoms with Crippen LogP contribution in [0, 0.1) is 0 Å². The van der Waals surface area contributed by atoms with Crippen molar-refractivity contribution < 1.29 is 33.3 Å². The summed E-state index contributed by atoms with van der Waals surface area (Å²) in [4.78, 5) is 13.1. The van der Waals surface area contributed by atoms with Crippen LogP contribution in [-0.2, 0) is 41.4 Å². The van der Waals surface area contributed by atoms with Crippen molar-refractivity contribution in [3.05, 3.63) is 132 Å². The fraction of sp³-hybridized carbons (Fsp3) is 0.324. The number of hydrogen-bond acceptors (Lipinski definition) is 7. The number of rotatable bonds is 11. The molecule has 1 heterocycles. The molecule has 1 N–H and O–H groups in total. The van der Waals surface area contributed by atoms with Gasteiger partial charge in [0.1, 0.15) is 18.3 Å². The molecule has 0 saturated carbocycles. The minimum atomic E-state index is -3.19. The molecule has 1 fully saturated rings. The molecule has 2 unspecified atom stereocenters. The zero-order chi connectivity index (χ0) is 31.9. The van der Waals surface area contributed by atoms with Gasteiger partial charge in [0.15, 0.2) is 12.4 Å². The van der Waals surface area contributed by atoms with Crippen LogP contribution in [0.25, 0.3) is 0 Å². The van der Waals surface area contributed by atoms with Gasteiger partial charge in [-0.25, -0.2) is 4.79 Å². The van der Waals surface area contributed by atoms with E-state index in [4.69, 9.17) is 23.4 Å². The van der Waals surface area contributed by atoms with E-state index < -0.39 is 45.0 Å². The molecule has 4 aromatic carbocycles. The Morgan fingerprint density at radius 2 is 1.13 bits per heavy atom. The van der Waals surface area contributed by atoms with Crippen LogP contribution in [-0.4, -0.2) is 57.2 Å². The monoisotopic (exact) mass is 626 g/mol. The third-order valence-corrected chi connectivity index (χ3v) is 13.2. The second-order valence-corrected chi connectivity index (χ2v) is 16.5. The molecule has 0 aromatic heterocycles. The Labute approximate surface area is 266 Å². The average Bonchev–Trinajstić information content (AvgIpc) is 3.07. The first-order valence-electron chi connectivity index (χ1n) is 15.3. The van der Waals surface area contributed by atoms with Crippen LogP contribution in [0.1, 0.15) is 31.9 Å². The van der Waals surface area contributed by atoms with Gasteiger partial charge in [0.25, 0.3) is 8.32 Å². The van der Waals surface area contributed by atoms with Crippen molar-refractivity contribution in [1.29, 1.82) is 0 Å². The highest BCUT2D eigenvalue weighted by Crippen LogP contribution is 2.40. The van der Waals surface area contributed by atoms with E-state index in [9.17, 15) is 9.90 Å². The lowest BCUT2D eigenvalue weighted by Gasteiger charge is -2.49. The SMILES string of the molecule is COC(=O)C1O[C@@H](O[Si](c2ccccc2)(c2ccccc2)C(C)(C)C)C(OCc2ccccc2)[C@@H](OCc2ccccc2)[C@H]1O. The number of carbonyl (C=O) groups is 1. The highest BCUT2D eigenvalue weighted by molar-refractivity contribution is 6.99. The fourth-order valence-electron chi connectivity index (χ4n) is 6.00. The summed E-state index contributed by atoms with van der Waals surface area (Å²) in [6, 6.07) is 39.8. The molecular weight excluding hydrogens is 584 g/mol. The summed E-state index contributed by atoms with van der Waals surface area (Å²) in [6.07, 6.45) is -5.69. The number of aliphatic hydroxyl groups excluding tert-OH is 1. The van der Waals surface area contributed by atoms with Crippen molar-refractivity contribution in [2.75, 3.05) is 7.11 Å². The van der Waals surface area contributed by atoms with E-state index in [2.05, 4.69) is 45.0 Å². The summed E-state index contributed by atoms with van der Waals surface area (Å²) in [5, 5.41) is 13.3. The van der Waals surface area contributed by atoms with E-state index in [1.165, 1.54) is 7.11 Å². The van der Waals surface area contributed by atoms with E-state index in [0.29, 0.717) is 0 Å². The van der Waals surface area contributed by atoms with Crippen LogP contribution in [0.5, 0.6) is 0 Å². The van der Waals surface area contributed by atoms with Gasteiger partial charge in [0.05, 0.1) is 20.3 Å². The maximum Gasteiger partial charge on any atom is 0.337 e. The van der Waals surface area contributed by atoms with Gasteiger partial charge < -0.3 is 28.5 Å². The van der Waals surface area contributed by atoms with E-state index >= 15 is 0 Å². The second kappa shape index (κ2) is 14.6. The zero-order valence-corrected chi connectivity index (χ0v) is 27.2. The molecule has 0 aliphatic carbocycles. The first kappa shape index (κ1) is 32.8. The number of carbonyl (C=O) groups excluding carboxylic acids is 1. The number of hydrogen-bond donors (Lipinski definition) is 1. The van der Waals surface area contributed by atoms with Gasteiger partial charge in [0, 0.05) is 0 Å². The predicted octanol–water partition coefficient (Wildman–Crippen LogP) is 4.99. The van der Waals surface area contributed by atoms with Crippen LogP contribution >= 0.6 is 0 Å². The van der Waals surface area contributed by atoms with Crippen LogP contribution in [0.2, 0.25) is 5.04 Å².